The van der Waals surface area contributed by atoms with Crippen LogP contribution >= 0.6 is 0 Å². The van der Waals surface area contributed by atoms with E-state index in [1.165, 1.54) is 12.0 Å². The highest BCUT2D eigenvalue weighted by Gasteiger charge is 2.34. The minimum Gasteiger partial charge on any atom is -0.493 e. The summed E-state index contributed by atoms with van der Waals surface area (Å²) in [7, 11) is 3.08. The molecule has 1 atom stereocenters. The first-order valence-electron chi connectivity index (χ1n) is 8.97. The molecule has 1 aliphatic heterocycles. The van der Waals surface area contributed by atoms with Gasteiger partial charge in [-0.25, -0.2) is 9.59 Å². The van der Waals surface area contributed by atoms with Gasteiger partial charge in [-0.1, -0.05) is 30.3 Å². The Morgan fingerprint density at radius 3 is 2.32 bits per heavy atom. The van der Waals surface area contributed by atoms with E-state index >= 15 is 0 Å². The Hall–Kier alpha value is -3.22. The van der Waals surface area contributed by atoms with Crippen LogP contribution in [0.4, 0.5) is 4.79 Å². The second-order valence-corrected chi connectivity index (χ2v) is 6.52. The van der Waals surface area contributed by atoms with Gasteiger partial charge in [-0.05, 0) is 35.2 Å². The lowest BCUT2D eigenvalue weighted by Gasteiger charge is -2.26. The first-order chi connectivity index (χ1) is 13.5. The van der Waals surface area contributed by atoms with Crippen molar-refractivity contribution in [2.45, 2.75) is 25.5 Å². The van der Waals surface area contributed by atoms with Gasteiger partial charge in [0.05, 0.1) is 14.2 Å². The van der Waals surface area contributed by atoms with Crippen molar-refractivity contribution in [3.05, 3.63) is 59.2 Å². The fraction of sp³-hybridized carbons (Fsp3) is 0.333. The molecule has 28 heavy (non-hydrogen) atoms. The molecule has 7 heteroatoms. The number of carboxylic acids is 1. The number of carboxylic acid groups (broad SMARTS) is 1. The number of hydrogen-bond donors (Lipinski definition) is 1. The molecule has 2 aromatic rings. The zero-order chi connectivity index (χ0) is 20.1. The molecule has 7 nitrogen and oxygen atoms in total. The molecule has 0 fully saturated rings. The number of aliphatic carboxylic acids is 1. The maximum absolute atomic E-state index is 12.6. The molecule has 0 saturated heterocycles. The van der Waals surface area contributed by atoms with Gasteiger partial charge in [0, 0.05) is 13.0 Å². The molecule has 0 aromatic heterocycles. The molecule has 1 amide bonds. The highest BCUT2D eigenvalue weighted by molar-refractivity contribution is 5.81. The van der Waals surface area contributed by atoms with Crippen LogP contribution in [-0.4, -0.2) is 48.9 Å². The minimum atomic E-state index is -1.07. The van der Waals surface area contributed by atoms with Crippen LogP contribution in [0.5, 0.6) is 11.5 Å². The van der Waals surface area contributed by atoms with Crippen LogP contribution in [0.3, 0.4) is 0 Å². The van der Waals surface area contributed by atoms with E-state index in [-0.39, 0.29) is 19.6 Å². The highest BCUT2D eigenvalue weighted by atomic mass is 16.6. The molecule has 3 rings (SSSR count). The summed E-state index contributed by atoms with van der Waals surface area (Å²) in [6.45, 7) is 0.337. The molecule has 148 valence electrons. The predicted octanol–water partition coefficient (Wildman–Crippen LogP) is 2.89. The largest absolute Gasteiger partial charge is 0.493 e. The van der Waals surface area contributed by atoms with Crippen LogP contribution in [-0.2, 0) is 29.0 Å². The van der Waals surface area contributed by atoms with Crippen LogP contribution in [0.1, 0.15) is 16.7 Å². The third-order valence-electron chi connectivity index (χ3n) is 4.84. The SMILES string of the molecule is COc1cc2c(cc1OC)C[C@@H](C(=O)O)N(C(=O)OCc1ccccc1)CC2. The topological polar surface area (TPSA) is 85.3 Å². The lowest BCUT2D eigenvalue weighted by molar-refractivity contribution is -0.142. The number of ether oxygens (including phenoxy) is 3. The second-order valence-electron chi connectivity index (χ2n) is 6.52. The molecular weight excluding hydrogens is 362 g/mol. The van der Waals surface area contributed by atoms with Gasteiger partial charge in [-0.3, -0.25) is 4.90 Å². The van der Waals surface area contributed by atoms with Crippen LogP contribution in [0.2, 0.25) is 0 Å². The number of hydrogen-bond acceptors (Lipinski definition) is 5. The Kier molecular flexibility index (Phi) is 6.03. The molecule has 0 spiro atoms. The summed E-state index contributed by atoms with van der Waals surface area (Å²) < 4.78 is 16.0. The van der Waals surface area contributed by atoms with Gasteiger partial charge >= 0.3 is 12.1 Å². The summed E-state index contributed by atoms with van der Waals surface area (Å²) in [6.07, 6.45) is 0.0359. The van der Waals surface area contributed by atoms with Crippen LogP contribution in [0, 0.1) is 0 Å². The van der Waals surface area contributed by atoms with Crippen molar-refractivity contribution in [3.63, 3.8) is 0 Å². The van der Waals surface area contributed by atoms with E-state index in [2.05, 4.69) is 0 Å². The molecule has 2 aromatic carbocycles. The minimum absolute atomic E-state index is 0.0944. The predicted molar refractivity (Wildman–Crippen MR) is 102 cm³/mol. The first kappa shape index (κ1) is 19.5. The molecule has 1 aliphatic rings. The zero-order valence-electron chi connectivity index (χ0n) is 15.9. The monoisotopic (exact) mass is 385 g/mol. The van der Waals surface area contributed by atoms with E-state index in [9.17, 15) is 14.7 Å². The number of carbonyl (C=O) groups is 2. The fourth-order valence-electron chi connectivity index (χ4n) is 3.34. The number of methoxy groups -OCH3 is 2. The van der Waals surface area contributed by atoms with Gasteiger partial charge in [0.2, 0.25) is 0 Å². The van der Waals surface area contributed by atoms with E-state index in [1.807, 2.05) is 36.4 Å². The average molecular weight is 385 g/mol. The van der Waals surface area contributed by atoms with Gasteiger partial charge in [-0.2, -0.15) is 0 Å². The molecular formula is C21H23NO6. The van der Waals surface area contributed by atoms with Gasteiger partial charge in [-0.15, -0.1) is 0 Å². The summed E-state index contributed by atoms with van der Waals surface area (Å²) >= 11 is 0. The zero-order valence-corrected chi connectivity index (χ0v) is 15.9. The van der Waals surface area contributed by atoms with E-state index in [0.717, 1.165) is 16.7 Å². The summed E-state index contributed by atoms with van der Waals surface area (Å²) in [6, 6.07) is 11.9. The molecule has 1 N–H and O–H groups in total. The van der Waals surface area contributed by atoms with E-state index in [1.54, 1.807) is 13.2 Å². The van der Waals surface area contributed by atoms with E-state index in [0.29, 0.717) is 17.9 Å². The summed E-state index contributed by atoms with van der Waals surface area (Å²) in [5.41, 5.74) is 2.60. The highest BCUT2D eigenvalue weighted by Crippen LogP contribution is 2.33. The van der Waals surface area contributed by atoms with E-state index in [4.69, 9.17) is 14.2 Å². The van der Waals surface area contributed by atoms with Crippen LogP contribution < -0.4 is 9.47 Å². The normalized spacial score (nSPS) is 15.9. The molecule has 1 heterocycles. The molecule has 0 saturated carbocycles. The second kappa shape index (κ2) is 8.65. The van der Waals surface area contributed by atoms with Crippen molar-refractivity contribution >= 4 is 12.1 Å². The quantitative estimate of drug-likeness (QED) is 0.852. The Morgan fingerprint density at radius 2 is 1.71 bits per heavy atom. The number of fused-ring (bicyclic) bond motifs is 1. The molecule has 0 bridgehead atoms. The Morgan fingerprint density at radius 1 is 1.07 bits per heavy atom. The number of rotatable bonds is 5. The third kappa shape index (κ3) is 4.19. The lowest BCUT2D eigenvalue weighted by atomic mass is 9.99. The standard InChI is InChI=1S/C21H23NO6/c1-26-18-11-15-8-9-22(21(25)28-13-14-6-4-3-5-7-14)17(20(23)24)10-16(15)12-19(18)27-2/h3-7,11-12,17H,8-10,13H2,1-2H3,(H,23,24)/t17-/m0/s1. The number of nitrogens with zero attached hydrogens (tertiary/aromatic N) is 1. The summed E-state index contributed by atoms with van der Waals surface area (Å²) in [5, 5.41) is 9.72. The average Bonchev–Trinajstić information content (AvgIpc) is 2.91. The fourth-order valence-corrected chi connectivity index (χ4v) is 3.34. The van der Waals surface area contributed by atoms with Gasteiger partial charge in [0.25, 0.3) is 0 Å². The lowest BCUT2D eigenvalue weighted by Crippen LogP contribution is -2.46. The number of benzene rings is 2. The van der Waals surface area contributed by atoms with Gasteiger partial charge in [0.1, 0.15) is 12.6 Å². The summed E-state index contributed by atoms with van der Waals surface area (Å²) in [5.74, 6) is 0.0398. The smallest absolute Gasteiger partial charge is 0.410 e. The van der Waals surface area contributed by atoms with Crippen molar-refractivity contribution in [1.82, 2.24) is 4.90 Å². The maximum atomic E-state index is 12.6. The Bertz CT molecular complexity index is 851. The number of amides is 1. The number of carbonyl (C=O) groups excluding carboxylic acids is 1. The Balaban J connectivity index is 1.80. The van der Waals surface area contributed by atoms with Crippen molar-refractivity contribution in [2.24, 2.45) is 0 Å². The molecule has 0 radical (unpaired) electrons. The third-order valence-corrected chi connectivity index (χ3v) is 4.84. The Labute approximate surface area is 163 Å². The van der Waals surface area contributed by atoms with Crippen molar-refractivity contribution < 1.29 is 28.9 Å². The maximum Gasteiger partial charge on any atom is 0.410 e. The van der Waals surface area contributed by atoms with Crippen LogP contribution in [0.25, 0.3) is 0 Å². The van der Waals surface area contributed by atoms with Crippen molar-refractivity contribution in [3.8, 4) is 11.5 Å². The van der Waals surface area contributed by atoms with Gasteiger partial charge in [0.15, 0.2) is 11.5 Å². The van der Waals surface area contributed by atoms with Crippen molar-refractivity contribution in [1.29, 1.82) is 0 Å². The molecule has 0 aliphatic carbocycles. The van der Waals surface area contributed by atoms with Gasteiger partial charge < -0.3 is 19.3 Å². The summed E-state index contributed by atoms with van der Waals surface area (Å²) in [4.78, 5) is 25.8. The first-order valence-corrected chi connectivity index (χ1v) is 8.97. The molecule has 0 unspecified atom stereocenters. The van der Waals surface area contributed by atoms with Crippen molar-refractivity contribution in [2.75, 3.05) is 20.8 Å². The van der Waals surface area contributed by atoms with E-state index < -0.39 is 18.1 Å². The van der Waals surface area contributed by atoms with Crippen LogP contribution in [0.15, 0.2) is 42.5 Å².